The van der Waals surface area contributed by atoms with Crippen molar-refractivity contribution in [3.63, 3.8) is 0 Å². The summed E-state index contributed by atoms with van der Waals surface area (Å²) in [4.78, 5) is 25.2. The predicted octanol–water partition coefficient (Wildman–Crippen LogP) is 3.02. The van der Waals surface area contributed by atoms with Crippen LogP contribution in [0.5, 0.6) is 0 Å². The van der Waals surface area contributed by atoms with Crippen molar-refractivity contribution < 1.29 is 23.8 Å². The molecule has 0 amide bonds. The molecule has 23 heavy (non-hydrogen) atoms. The molecular weight excluding hydrogens is 296 g/mol. The van der Waals surface area contributed by atoms with Gasteiger partial charge in [-0.25, -0.2) is 0 Å². The molecule has 2 rings (SSSR count). The summed E-state index contributed by atoms with van der Waals surface area (Å²) < 4.78 is 16.9. The van der Waals surface area contributed by atoms with Crippen LogP contribution in [0.3, 0.4) is 0 Å². The van der Waals surface area contributed by atoms with Gasteiger partial charge < -0.3 is 14.2 Å². The maximum atomic E-state index is 12.8. The van der Waals surface area contributed by atoms with Crippen molar-refractivity contribution in [2.75, 3.05) is 6.61 Å². The van der Waals surface area contributed by atoms with E-state index in [4.69, 9.17) is 14.2 Å². The Labute approximate surface area is 138 Å². The standard InChI is InChI=1S/C18H28O5/c1-11(2)7-8-18(6)15(19)12(3)14(22-16(18)20)9-13-10-21-17(4,5)23-13/h7,12-14H,8-10H2,1-6H3/t12-,13+,14-,18-/m1/s1. The highest BCUT2D eigenvalue weighted by molar-refractivity contribution is 6.06. The van der Waals surface area contributed by atoms with Crippen molar-refractivity contribution in [1.82, 2.24) is 0 Å². The van der Waals surface area contributed by atoms with Gasteiger partial charge >= 0.3 is 5.97 Å². The van der Waals surface area contributed by atoms with Crippen molar-refractivity contribution in [1.29, 1.82) is 0 Å². The summed E-state index contributed by atoms with van der Waals surface area (Å²) in [5.41, 5.74) is -0.000193. The van der Waals surface area contributed by atoms with E-state index in [1.165, 1.54) is 0 Å². The van der Waals surface area contributed by atoms with Crippen LogP contribution in [0.2, 0.25) is 0 Å². The first-order valence-electron chi connectivity index (χ1n) is 8.26. The highest BCUT2D eigenvalue weighted by Gasteiger charge is 2.52. The number of hydrogen-bond donors (Lipinski definition) is 0. The van der Waals surface area contributed by atoms with Crippen LogP contribution >= 0.6 is 0 Å². The Morgan fingerprint density at radius 1 is 1.26 bits per heavy atom. The highest BCUT2D eigenvalue weighted by atomic mass is 16.7. The van der Waals surface area contributed by atoms with Crippen molar-refractivity contribution >= 4 is 11.8 Å². The Morgan fingerprint density at radius 2 is 1.91 bits per heavy atom. The highest BCUT2D eigenvalue weighted by Crippen LogP contribution is 2.38. The molecule has 0 N–H and O–H groups in total. The van der Waals surface area contributed by atoms with Gasteiger partial charge in [-0.3, -0.25) is 9.59 Å². The van der Waals surface area contributed by atoms with E-state index in [9.17, 15) is 9.59 Å². The third kappa shape index (κ3) is 3.83. The number of Topliss-reactive ketones (excluding diaryl/α,β-unsaturated/α-hetero) is 1. The summed E-state index contributed by atoms with van der Waals surface area (Å²) in [6, 6.07) is 0. The van der Waals surface area contributed by atoms with Crippen LogP contribution in [0.4, 0.5) is 0 Å². The molecule has 0 saturated carbocycles. The van der Waals surface area contributed by atoms with Crippen LogP contribution in [0.15, 0.2) is 11.6 Å². The molecule has 130 valence electrons. The molecule has 0 bridgehead atoms. The molecule has 4 atom stereocenters. The molecule has 2 saturated heterocycles. The average molecular weight is 324 g/mol. The quantitative estimate of drug-likeness (QED) is 0.452. The molecule has 5 nitrogen and oxygen atoms in total. The Morgan fingerprint density at radius 3 is 2.43 bits per heavy atom. The topological polar surface area (TPSA) is 61.8 Å². The number of esters is 1. The SMILES string of the molecule is CC(C)=CC[C@@]1(C)C(=O)O[C@H](C[C@H]2COC(C)(C)O2)[C@@H](C)C1=O. The lowest BCUT2D eigenvalue weighted by molar-refractivity contribution is -0.182. The fourth-order valence-corrected chi connectivity index (χ4v) is 3.12. The molecule has 0 aromatic heterocycles. The van der Waals surface area contributed by atoms with Gasteiger partial charge in [-0.1, -0.05) is 18.6 Å². The predicted molar refractivity (Wildman–Crippen MR) is 85.7 cm³/mol. The van der Waals surface area contributed by atoms with E-state index >= 15 is 0 Å². The minimum absolute atomic E-state index is 0.0468. The zero-order valence-electron chi connectivity index (χ0n) is 15.0. The van der Waals surface area contributed by atoms with Gasteiger partial charge in [0.25, 0.3) is 0 Å². The first-order chi connectivity index (χ1) is 10.5. The second-order valence-electron chi connectivity index (χ2n) is 7.60. The molecule has 2 heterocycles. The van der Waals surface area contributed by atoms with Crippen molar-refractivity contribution in [3.8, 4) is 0 Å². The summed E-state index contributed by atoms with van der Waals surface area (Å²) >= 11 is 0. The molecule has 0 aromatic carbocycles. The van der Waals surface area contributed by atoms with Gasteiger partial charge in [0.15, 0.2) is 11.6 Å². The summed E-state index contributed by atoms with van der Waals surface area (Å²) in [6.07, 6.45) is 2.20. The Kier molecular flexibility index (Phi) is 5.02. The number of hydrogen-bond acceptors (Lipinski definition) is 5. The van der Waals surface area contributed by atoms with E-state index < -0.39 is 23.3 Å². The number of ketones is 1. The number of ether oxygens (including phenoxy) is 3. The fraction of sp³-hybridized carbons (Fsp3) is 0.778. The van der Waals surface area contributed by atoms with Gasteiger partial charge in [0.2, 0.25) is 0 Å². The van der Waals surface area contributed by atoms with Gasteiger partial charge in [-0.15, -0.1) is 0 Å². The van der Waals surface area contributed by atoms with Crippen molar-refractivity contribution in [2.24, 2.45) is 11.3 Å². The molecule has 2 fully saturated rings. The number of cyclic esters (lactones) is 1. The number of carbonyl (C=O) groups excluding carboxylic acids is 2. The Bertz CT molecular complexity index is 518. The second kappa shape index (κ2) is 6.36. The van der Waals surface area contributed by atoms with E-state index in [0.29, 0.717) is 19.4 Å². The Balaban J connectivity index is 2.07. The van der Waals surface area contributed by atoms with E-state index in [1.54, 1.807) is 6.92 Å². The lowest BCUT2D eigenvalue weighted by Crippen LogP contribution is -2.52. The van der Waals surface area contributed by atoms with E-state index in [0.717, 1.165) is 5.57 Å². The van der Waals surface area contributed by atoms with Gasteiger partial charge in [-0.05, 0) is 41.0 Å². The molecule has 0 aromatic rings. The normalized spacial score (nSPS) is 36.7. The number of carbonyl (C=O) groups is 2. The molecule has 5 heteroatoms. The van der Waals surface area contributed by atoms with Crippen LogP contribution in [0.1, 0.15) is 54.4 Å². The van der Waals surface area contributed by atoms with Crippen molar-refractivity contribution in [2.45, 2.75) is 72.4 Å². The second-order valence-corrected chi connectivity index (χ2v) is 7.60. The molecule has 2 aliphatic heterocycles. The fourth-order valence-electron chi connectivity index (χ4n) is 3.12. The van der Waals surface area contributed by atoms with Gasteiger partial charge in [-0.2, -0.15) is 0 Å². The lowest BCUT2D eigenvalue weighted by atomic mass is 9.72. The minimum Gasteiger partial charge on any atom is -0.461 e. The molecule has 0 spiro atoms. The first kappa shape index (κ1) is 18.1. The summed E-state index contributed by atoms with van der Waals surface area (Å²) in [5, 5.41) is 0. The monoisotopic (exact) mass is 324 g/mol. The average Bonchev–Trinajstić information content (AvgIpc) is 2.79. The van der Waals surface area contributed by atoms with Gasteiger partial charge in [0, 0.05) is 6.42 Å². The number of allylic oxidation sites excluding steroid dienone is 2. The number of rotatable bonds is 4. The summed E-state index contributed by atoms with van der Waals surface area (Å²) in [5.74, 6) is -1.43. The van der Waals surface area contributed by atoms with E-state index in [2.05, 4.69) is 0 Å². The van der Waals surface area contributed by atoms with Crippen LogP contribution in [-0.4, -0.2) is 36.4 Å². The molecule has 0 radical (unpaired) electrons. The molecule has 0 unspecified atom stereocenters. The largest absolute Gasteiger partial charge is 0.461 e. The summed E-state index contributed by atoms with van der Waals surface area (Å²) in [7, 11) is 0. The minimum atomic E-state index is -1.08. The lowest BCUT2D eigenvalue weighted by Gasteiger charge is -2.38. The van der Waals surface area contributed by atoms with Gasteiger partial charge in [0.05, 0.1) is 18.6 Å². The maximum Gasteiger partial charge on any atom is 0.319 e. The van der Waals surface area contributed by atoms with Crippen LogP contribution in [0, 0.1) is 11.3 Å². The first-order valence-corrected chi connectivity index (χ1v) is 8.26. The zero-order chi connectivity index (χ0) is 17.4. The molecule has 2 aliphatic rings. The molecular formula is C18H28O5. The smallest absolute Gasteiger partial charge is 0.319 e. The zero-order valence-corrected chi connectivity index (χ0v) is 15.0. The van der Waals surface area contributed by atoms with Crippen LogP contribution in [0.25, 0.3) is 0 Å². The third-order valence-electron chi connectivity index (χ3n) is 4.71. The Hall–Kier alpha value is -1.20. The van der Waals surface area contributed by atoms with Crippen LogP contribution < -0.4 is 0 Å². The van der Waals surface area contributed by atoms with Gasteiger partial charge in [0.1, 0.15) is 11.5 Å². The third-order valence-corrected chi connectivity index (χ3v) is 4.71. The van der Waals surface area contributed by atoms with E-state index in [-0.39, 0.29) is 17.8 Å². The van der Waals surface area contributed by atoms with Crippen LogP contribution in [-0.2, 0) is 23.8 Å². The van der Waals surface area contributed by atoms with Crippen molar-refractivity contribution in [3.05, 3.63) is 11.6 Å². The molecule has 0 aliphatic carbocycles. The maximum absolute atomic E-state index is 12.8. The summed E-state index contributed by atoms with van der Waals surface area (Å²) in [6.45, 7) is 11.6. The van der Waals surface area contributed by atoms with E-state index in [1.807, 2.05) is 40.7 Å².